The Bertz CT molecular complexity index is 462. The molecular formula is C10H10BrN3. The van der Waals surface area contributed by atoms with Crippen molar-refractivity contribution in [1.82, 2.24) is 9.55 Å². The Morgan fingerprint density at radius 2 is 2.21 bits per heavy atom. The number of aryl methyl sites for hydroxylation is 1. The minimum absolute atomic E-state index is 0.506. The van der Waals surface area contributed by atoms with Crippen molar-refractivity contribution >= 4 is 21.9 Å². The molecule has 2 N–H and O–H groups in total. The number of nitrogen functional groups attached to an aromatic ring is 1. The van der Waals surface area contributed by atoms with Gasteiger partial charge in [0.2, 0.25) is 5.95 Å². The predicted molar refractivity (Wildman–Crippen MR) is 60.4 cm³/mol. The van der Waals surface area contributed by atoms with Gasteiger partial charge < -0.3 is 5.73 Å². The molecule has 1 aromatic carbocycles. The average Bonchev–Trinajstić information content (AvgIpc) is 2.56. The monoisotopic (exact) mass is 251 g/mol. The smallest absolute Gasteiger partial charge is 0.204 e. The van der Waals surface area contributed by atoms with Crippen molar-refractivity contribution in [3.8, 4) is 5.69 Å². The molecule has 1 heterocycles. The van der Waals surface area contributed by atoms with Gasteiger partial charge in [-0.05, 0) is 24.6 Å². The second-order valence-corrected chi connectivity index (χ2v) is 4.00. The zero-order valence-corrected chi connectivity index (χ0v) is 9.32. The zero-order chi connectivity index (χ0) is 10.1. The van der Waals surface area contributed by atoms with Crippen LogP contribution in [0.15, 0.2) is 35.1 Å². The lowest BCUT2D eigenvalue weighted by Crippen LogP contribution is -2.01. The first-order valence-corrected chi connectivity index (χ1v) is 5.03. The molecule has 0 bridgehead atoms. The Hall–Kier alpha value is -1.29. The molecule has 0 amide bonds. The molecule has 0 unspecified atom stereocenters. The van der Waals surface area contributed by atoms with Crippen LogP contribution in [0.2, 0.25) is 0 Å². The van der Waals surface area contributed by atoms with Gasteiger partial charge in [0, 0.05) is 16.9 Å². The van der Waals surface area contributed by atoms with Gasteiger partial charge in [0.25, 0.3) is 0 Å². The third-order valence-corrected chi connectivity index (χ3v) is 2.59. The topological polar surface area (TPSA) is 43.8 Å². The number of nitrogens with two attached hydrogens (primary N) is 1. The standard InChI is InChI=1S/C10H10BrN3/c1-7-2-3-8(11)6-9(7)14-5-4-13-10(14)12/h2-6H,1H3,(H2,12,13). The largest absolute Gasteiger partial charge is 0.369 e. The Kier molecular flexibility index (Phi) is 2.29. The summed E-state index contributed by atoms with van der Waals surface area (Å²) in [6.45, 7) is 2.04. The molecule has 72 valence electrons. The normalized spacial score (nSPS) is 10.4. The van der Waals surface area contributed by atoms with Gasteiger partial charge in [-0.15, -0.1) is 0 Å². The molecule has 0 aliphatic rings. The third kappa shape index (κ3) is 1.53. The highest BCUT2D eigenvalue weighted by Crippen LogP contribution is 2.21. The van der Waals surface area contributed by atoms with Gasteiger partial charge in [0.1, 0.15) is 0 Å². The van der Waals surface area contributed by atoms with Crippen molar-refractivity contribution in [2.45, 2.75) is 6.92 Å². The van der Waals surface area contributed by atoms with Crippen molar-refractivity contribution in [3.63, 3.8) is 0 Å². The predicted octanol–water partition coefficient (Wildman–Crippen LogP) is 2.53. The van der Waals surface area contributed by atoms with Crippen LogP contribution in [-0.2, 0) is 0 Å². The van der Waals surface area contributed by atoms with E-state index in [9.17, 15) is 0 Å². The molecule has 0 fully saturated rings. The number of imidazole rings is 1. The molecular weight excluding hydrogens is 242 g/mol. The summed E-state index contributed by atoms with van der Waals surface area (Å²) in [5, 5.41) is 0. The van der Waals surface area contributed by atoms with Crippen LogP contribution in [-0.4, -0.2) is 9.55 Å². The lowest BCUT2D eigenvalue weighted by molar-refractivity contribution is 1.05. The molecule has 0 saturated heterocycles. The fourth-order valence-electron chi connectivity index (χ4n) is 1.36. The summed E-state index contributed by atoms with van der Waals surface area (Å²) in [6, 6.07) is 6.07. The first-order valence-electron chi connectivity index (χ1n) is 4.24. The minimum atomic E-state index is 0.506. The molecule has 0 saturated carbocycles. The van der Waals surface area contributed by atoms with Crippen LogP contribution >= 0.6 is 15.9 Å². The highest BCUT2D eigenvalue weighted by atomic mass is 79.9. The van der Waals surface area contributed by atoms with Crippen LogP contribution in [0.5, 0.6) is 0 Å². The van der Waals surface area contributed by atoms with Crippen LogP contribution in [0.4, 0.5) is 5.95 Å². The molecule has 0 aliphatic heterocycles. The van der Waals surface area contributed by atoms with Gasteiger partial charge in [0.15, 0.2) is 0 Å². The van der Waals surface area contributed by atoms with Crippen LogP contribution in [0, 0.1) is 6.92 Å². The van der Waals surface area contributed by atoms with Gasteiger partial charge in [0.05, 0.1) is 5.69 Å². The molecule has 2 aromatic rings. The van der Waals surface area contributed by atoms with E-state index < -0.39 is 0 Å². The molecule has 0 radical (unpaired) electrons. The molecule has 4 heteroatoms. The molecule has 14 heavy (non-hydrogen) atoms. The van der Waals surface area contributed by atoms with Crippen molar-refractivity contribution < 1.29 is 0 Å². The second kappa shape index (κ2) is 3.46. The number of halogens is 1. The summed E-state index contributed by atoms with van der Waals surface area (Å²) in [5.41, 5.74) is 7.94. The summed E-state index contributed by atoms with van der Waals surface area (Å²) in [4.78, 5) is 3.99. The average molecular weight is 252 g/mol. The van der Waals surface area contributed by atoms with E-state index in [1.165, 1.54) is 0 Å². The maximum atomic E-state index is 5.73. The van der Waals surface area contributed by atoms with Gasteiger partial charge in [-0.25, -0.2) is 4.98 Å². The number of nitrogens with zero attached hydrogens (tertiary/aromatic N) is 2. The summed E-state index contributed by atoms with van der Waals surface area (Å²) in [6.07, 6.45) is 3.54. The lowest BCUT2D eigenvalue weighted by Gasteiger charge is -2.08. The van der Waals surface area contributed by atoms with E-state index in [0.29, 0.717) is 5.95 Å². The summed E-state index contributed by atoms with van der Waals surface area (Å²) in [5.74, 6) is 0.506. The van der Waals surface area contributed by atoms with Crippen LogP contribution in [0.25, 0.3) is 5.69 Å². The van der Waals surface area contributed by atoms with Gasteiger partial charge in [-0.1, -0.05) is 22.0 Å². The molecule has 0 spiro atoms. The van der Waals surface area contributed by atoms with Crippen molar-refractivity contribution in [1.29, 1.82) is 0 Å². The van der Waals surface area contributed by atoms with Crippen molar-refractivity contribution in [2.24, 2.45) is 0 Å². The maximum absolute atomic E-state index is 5.73. The number of hydrogen-bond acceptors (Lipinski definition) is 2. The number of aromatic nitrogens is 2. The van der Waals surface area contributed by atoms with E-state index in [0.717, 1.165) is 15.7 Å². The summed E-state index contributed by atoms with van der Waals surface area (Å²) in [7, 11) is 0. The van der Waals surface area contributed by atoms with Crippen LogP contribution in [0.1, 0.15) is 5.56 Å². The third-order valence-electron chi connectivity index (χ3n) is 2.10. The molecule has 2 rings (SSSR count). The quantitative estimate of drug-likeness (QED) is 0.847. The highest BCUT2D eigenvalue weighted by molar-refractivity contribution is 9.10. The van der Waals surface area contributed by atoms with E-state index in [-0.39, 0.29) is 0 Å². The second-order valence-electron chi connectivity index (χ2n) is 3.09. The van der Waals surface area contributed by atoms with Crippen LogP contribution in [0.3, 0.4) is 0 Å². The van der Waals surface area contributed by atoms with E-state index in [1.54, 1.807) is 6.20 Å². The van der Waals surface area contributed by atoms with E-state index in [1.807, 2.05) is 35.9 Å². The Labute approximate surface area is 90.7 Å². The van der Waals surface area contributed by atoms with Crippen LogP contribution < -0.4 is 5.73 Å². The number of hydrogen-bond donors (Lipinski definition) is 1. The van der Waals surface area contributed by atoms with E-state index in [2.05, 4.69) is 20.9 Å². The first kappa shape index (κ1) is 9.27. The van der Waals surface area contributed by atoms with Gasteiger partial charge in [-0.2, -0.15) is 0 Å². The fourth-order valence-corrected chi connectivity index (χ4v) is 1.71. The SMILES string of the molecule is Cc1ccc(Br)cc1-n1ccnc1N. The number of anilines is 1. The number of benzene rings is 1. The van der Waals surface area contributed by atoms with E-state index in [4.69, 9.17) is 5.73 Å². The van der Waals surface area contributed by atoms with Crippen molar-refractivity contribution in [3.05, 3.63) is 40.6 Å². The Morgan fingerprint density at radius 3 is 2.86 bits per heavy atom. The fraction of sp³-hybridized carbons (Fsp3) is 0.100. The minimum Gasteiger partial charge on any atom is -0.369 e. The molecule has 3 nitrogen and oxygen atoms in total. The summed E-state index contributed by atoms with van der Waals surface area (Å²) < 4.78 is 2.89. The number of rotatable bonds is 1. The van der Waals surface area contributed by atoms with Crippen molar-refractivity contribution in [2.75, 3.05) is 5.73 Å². The molecule has 0 aliphatic carbocycles. The first-order chi connectivity index (χ1) is 6.68. The Balaban J connectivity index is 2.62. The van der Waals surface area contributed by atoms with Gasteiger partial charge in [-0.3, -0.25) is 4.57 Å². The molecule has 0 atom stereocenters. The Morgan fingerprint density at radius 1 is 1.43 bits per heavy atom. The molecule has 1 aromatic heterocycles. The van der Waals surface area contributed by atoms with E-state index >= 15 is 0 Å². The lowest BCUT2D eigenvalue weighted by atomic mass is 10.2. The highest BCUT2D eigenvalue weighted by Gasteiger charge is 2.04. The zero-order valence-electron chi connectivity index (χ0n) is 7.74. The van der Waals surface area contributed by atoms with Gasteiger partial charge >= 0.3 is 0 Å². The summed E-state index contributed by atoms with van der Waals surface area (Å²) >= 11 is 3.43. The maximum Gasteiger partial charge on any atom is 0.204 e.